The number of nitrogens with zero attached hydrogens (tertiary/aromatic N) is 1. The molecule has 0 aliphatic heterocycles. The number of carboxylic acid groups (broad SMARTS) is 1. The van der Waals surface area contributed by atoms with Gasteiger partial charge in [-0.25, -0.2) is 9.18 Å². The lowest BCUT2D eigenvalue weighted by Gasteiger charge is -2.07. The van der Waals surface area contributed by atoms with Crippen molar-refractivity contribution < 1.29 is 19.0 Å². The third kappa shape index (κ3) is 5.65. The van der Waals surface area contributed by atoms with Crippen LogP contribution < -0.4 is 15.5 Å². The Kier molecular flexibility index (Phi) is 6.21. The van der Waals surface area contributed by atoms with Crippen LogP contribution in [-0.2, 0) is 4.79 Å². The number of hydrazone groups is 1. The second-order valence-electron chi connectivity index (χ2n) is 4.56. The van der Waals surface area contributed by atoms with Gasteiger partial charge in [0, 0.05) is 0 Å². The van der Waals surface area contributed by atoms with E-state index in [9.17, 15) is 9.18 Å². The number of carbonyl (C=O) groups is 1. The summed E-state index contributed by atoms with van der Waals surface area (Å²) in [4.78, 5) is 10.4. The van der Waals surface area contributed by atoms with Gasteiger partial charge < -0.3 is 15.2 Å². The number of para-hydroxylation sites is 1. The van der Waals surface area contributed by atoms with E-state index in [1.54, 1.807) is 42.5 Å². The zero-order chi connectivity index (χ0) is 17.4. The van der Waals surface area contributed by atoms with E-state index in [-0.39, 0.29) is 10.8 Å². The largest absolute Gasteiger partial charge is 0.482 e. The Morgan fingerprint density at radius 3 is 2.62 bits per heavy atom. The molecule has 0 aliphatic carbocycles. The Labute approximate surface area is 143 Å². The quantitative estimate of drug-likeness (QED) is 0.423. The van der Waals surface area contributed by atoms with Crippen LogP contribution in [0.2, 0.25) is 0 Å². The van der Waals surface area contributed by atoms with Crippen LogP contribution in [0.1, 0.15) is 5.56 Å². The average Bonchev–Trinajstić information content (AvgIpc) is 2.56. The summed E-state index contributed by atoms with van der Waals surface area (Å²) in [6.45, 7) is -0.398. The SMILES string of the molecule is O=C(O)COc1ccc(/C=N\NC(=S)Nc2ccccc2F)cc1. The first-order valence-electron chi connectivity index (χ1n) is 6.84. The molecule has 24 heavy (non-hydrogen) atoms. The van der Waals surface area contributed by atoms with Gasteiger partial charge in [-0.1, -0.05) is 12.1 Å². The minimum absolute atomic E-state index is 0.151. The Morgan fingerprint density at radius 2 is 1.96 bits per heavy atom. The number of aliphatic carboxylic acids is 1. The van der Waals surface area contributed by atoms with E-state index in [0.717, 1.165) is 5.56 Å². The predicted molar refractivity (Wildman–Crippen MR) is 92.9 cm³/mol. The number of hydrogen-bond acceptors (Lipinski definition) is 4. The van der Waals surface area contributed by atoms with Gasteiger partial charge in [0.05, 0.1) is 11.9 Å². The van der Waals surface area contributed by atoms with Gasteiger partial charge in [0.1, 0.15) is 11.6 Å². The van der Waals surface area contributed by atoms with E-state index in [1.807, 2.05) is 0 Å². The van der Waals surface area contributed by atoms with Gasteiger partial charge in [-0.15, -0.1) is 0 Å². The second-order valence-corrected chi connectivity index (χ2v) is 4.96. The van der Waals surface area contributed by atoms with Crippen molar-refractivity contribution in [2.24, 2.45) is 5.10 Å². The highest BCUT2D eigenvalue weighted by molar-refractivity contribution is 7.80. The third-order valence-electron chi connectivity index (χ3n) is 2.74. The topological polar surface area (TPSA) is 83.0 Å². The van der Waals surface area contributed by atoms with Crippen LogP contribution in [0.4, 0.5) is 10.1 Å². The minimum atomic E-state index is -1.04. The second kappa shape index (κ2) is 8.59. The summed E-state index contributed by atoms with van der Waals surface area (Å²) in [6, 6.07) is 12.8. The van der Waals surface area contributed by atoms with Crippen LogP contribution in [0, 0.1) is 5.82 Å². The van der Waals surface area contributed by atoms with Crippen molar-refractivity contribution in [3.05, 3.63) is 59.9 Å². The molecule has 6 nitrogen and oxygen atoms in total. The van der Waals surface area contributed by atoms with Gasteiger partial charge in [-0.2, -0.15) is 5.10 Å². The number of hydrogen-bond donors (Lipinski definition) is 3. The van der Waals surface area contributed by atoms with E-state index in [0.29, 0.717) is 5.75 Å². The third-order valence-corrected chi connectivity index (χ3v) is 2.94. The lowest BCUT2D eigenvalue weighted by Crippen LogP contribution is -2.24. The van der Waals surface area contributed by atoms with Gasteiger partial charge in [0.2, 0.25) is 0 Å². The number of carboxylic acids is 1. The lowest BCUT2D eigenvalue weighted by molar-refractivity contribution is -0.139. The summed E-state index contributed by atoms with van der Waals surface area (Å²) in [7, 11) is 0. The Hall–Kier alpha value is -3.00. The van der Waals surface area contributed by atoms with E-state index >= 15 is 0 Å². The number of rotatable bonds is 6. The van der Waals surface area contributed by atoms with Crippen molar-refractivity contribution in [2.45, 2.75) is 0 Å². The molecule has 0 fully saturated rings. The highest BCUT2D eigenvalue weighted by atomic mass is 32.1. The Balaban J connectivity index is 1.84. The van der Waals surface area contributed by atoms with E-state index in [4.69, 9.17) is 22.1 Å². The molecule has 0 unspecified atom stereocenters. The van der Waals surface area contributed by atoms with Crippen molar-refractivity contribution in [1.82, 2.24) is 5.43 Å². The van der Waals surface area contributed by atoms with Gasteiger partial charge >= 0.3 is 5.97 Å². The monoisotopic (exact) mass is 347 g/mol. The Morgan fingerprint density at radius 1 is 1.25 bits per heavy atom. The average molecular weight is 347 g/mol. The standard InChI is InChI=1S/C16H14FN3O3S/c17-13-3-1-2-4-14(13)19-16(24)20-18-9-11-5-7-12(8-6-11)23-10-15(21)22/h1-9H,10H2,(H,21,22)(H2,19,20,24)/b18-9-. The molecule has 0 spiro atoms. The van der Waals surface area contributed by atoms with Crippen molar-refractivity contribution in [2.75, 3.05) is 11.9 Å². The lowest BCUT2D eigenvalue weighted by atomic mass is 10.2. The molecule has 0 atom stereocenters. The first-order chi connectivity index (χ1) is 11.5. The molecular weight excluding hydrogens is 333 g/mol. The van der Waals surface area contributed by atoms with Crippen LogP contribution in [0.5, 0.6) is 5.75 Å². The molecule has 0 saturated heterocycles. The van der Waals surface area contributed by atoms with Crippen molar-refractivity contribution in [1.29, 1.82) is 0 Å². The Bertz CT molecular complexity index is 750. The van der Waals surface area contributed by atoms with Crippen LogP contribution in [0.25, 0.3) is 0 Å². The predicted octanol–water partition coefficient (Wildman–Crippen LogP) is 2.61. The molecule has 3 N–H and O–H groups in total. The first-order valence-corrected chi connectivity index (χ1v) is 7.24. The molecule has 0 amide bonds. The van der Waals surface area contributed by atoms with Crippen LogP contribution in [-0.4, -0.2) is 29.0 Å². The normalized spacial score (nSPS) is 10.4. The summed E-state index contributed by atoms with van der Waals surface area (Å²) in [5.41, 5.74) is 3.58. The molecule has 0 aromatic heterocycles. The van der Waals surface area contributed by atoms with Gasteiger partial charge in [0.15, 0.2) is 11.7 Å². The molecule has 8 heteroatoms. The number of thiocarbonyl (C=S) groups is 1. The van der Waals surface area contributed by atoms with Crippen LogP contribution >= 0.6 is 12.2 Å². The van der Waals surface area contributed by atoms with Crippen molar-refractivity contribution in [3.63, 3.8) is 0 Å². The zero-order valence-corrected chi connectivity index (χ0v) is 13.2. The summed E-state index contributed by atoms with van der Waals surface area (Å²) < 4.78 is 18.5. The maximum Gasteiger partial charge on any atom is 0.341 e. The highest BCUT2D eigenvalue weighted by Crippen LogP contribution is 2.12. The van der Waals surface area contributed by atoms with Crippen LogP contribution in [0.3, 0.4) is 0 Å². The highest BCUT2D eigenvalue weighted by Gasteiger charge is 2.02. The summed E-state index contributed by atoms with van der Waals surface area (Å²) in [5.74, 6) is -1.01. The fourth-order valence-electron chi connectivity index (χ4n) is 1.67. The zero-order valence-electron chi connectivity index (χ0n) is 12.4. The maximum atomic E-state index is 13.5. The van der Waals surface area contributed by atoms with Crippen LogP contribution in [0.15, 0.2) is 53.6 Å². The fraction of sp³-hybridized carbons (Fsp3) is 0.0625. The van der Waals surface area contributed by atoms with Gasteiger partial charge in [-0.3, -0.25) is 5.43 Å². The van der Waals surface area contributed by atoms with E-state index < -0.39 is 18.4 Å². The molecule has 0 bridgehead atoms. The number of nitrogens with one attached hydrogen (secondary N) is 2. The van der Waals surface area contributed by atoms with E-state index in [1.165, 1.54) is 12.3 Å². The minimum Gasteiger partial charge on any atom is -0.482 e. The molecule has 2 aromatic carbocycles. The molecule has 0 aliphatic rings. The number of halogens is 1. The molecule has 0 radical (unpaired) electrons. The van der Waals surface area contributed by atoms with Gasteiger partial charge in [-0.05, 0) is 54.2 Å². The van der Waals surface area contributed by atoms with E-state index in [2.05, 4.69) is 15.8 Å². The smallest absolute Gasteiger partial charge is 0.341 e. The number of anilines is 1. The molecule has 2 aromatic rings. The molecule has 2 rings (SSSR count). The number of benzene rings is 2. The first kappa shape index (κ1) is 17.4. The summed E-state index contributed by atoms with van der Waals surface area (Å²) in [5, 5.41) is 15.3. The fourth-order valence-corrected chi connectivity index (χ4v) is 1.84. The summed E-state index contributed by atoms with van der Waals surface area (Å²) in [6.07, 6.45) is 1.51. The van der Waals surface area contributed by atoms with Crippen molar-refractivity contribution in [3.8, 4) is 5.75 Å². The summed E-state index contributed by atoms with van der Waals surface area (Å²) >= 11 is 5.01. The van der Waals surface area contributed by atoms with Crippen molar-refractivity contribution >= 4 is 35.2 Å². The van der Waals surface area contributed by atoms with Gasteiger partial charge in [0.25, 0.3) is 0 Å². The molecular formula is C16H14FN3O3S. The molecule has 0 saturated carbocycles. The maximum absolute atomic E-state index is 13.5. The number of ether oxygens (including phenoxy) is 1. The molecule has 0 heterocycles. The molecule has 124 valence electrons.